The Morgan fingerprint density at radius 2 is 1.88 bits per heavy atom. The second-order valence-corrected chi connectivity index (χ2v) is 7.57. The van der Waals surface area contributed by atoms with Gasteiger partial charge in [0.05, 0.1) is 12.2 Å². The van der Waals surface area contributed by atoms with Crippen molar-refractivity contribution in [3.63, 3.8) is 0 Å². The second kappa shape index (κ2) is 11.7. The van der Waals surface area contributed by atoms with Gasteiger partial charge in [-0.15, -0.1) is 0 Å². The van der Waals surface area contributed by atoms with Crippen LogP contribution in [0.4, 0.5) is 0 Å². The second-order valence-electron chi connectivity index (χ2n) is 7.57. The van der Waals surface area contributed by atoms with Crippen molar-refractivity contribution in [2.45, 2.75) is 89.8 Å². The number of hydrogen-bond donors (Lipinski definition) is 1. The number of allylic oxidation sites excluding steroid dienone is 2. The van der Waals surface area contributed by atoms with E-state index in [9.17, 15) is 4.79 Å². The minimum atomic E-state index is -0.704. The molecule has 2 aliphatic rings. The van der Waals surface area contributed by atoms with E-state index in [4.69, 9.17) is 14.6 Å². The number of carbonyl (C=O) groups is 1. The van der Waals surface area contributed by atoms with Crippen molar-refractivity contribution < 1.29 is 19.4 Å². The van der Waals surface area contributed by atoms with E-state index in [2.05, 4.69) is 19.1 Å². The third kappa shape index (κ3) is 7.10. The van der Waals surface area contributed by atoms with Crippen LogP contribution in [0.3, 0.4) is 0 Å². The fourth-order valence-electron chi connectivity index (χ4n) is 4.29. The molecule has 4 nitrogen and oxygen atoms in total. The lowest BCUT2D eigenvalue weighted by Crippen LogP contribution is -2.28. The van der Waals surface area contributed by atoms with Crippen LogP contribution in [0.25, 0.3) is 0 Å². The Kier molecular flexibility index (Phi) is 9.56. The molecule has 4 atom stereocenters. The number of hydrogen-bond acceptors (Lipinski definition) is 3. The van der Waals surface area contributed by atoms with Gasteiger partial charge in [0.1, 0.15) is 0 Å². The molecule has 2 fully saturated rings. The van der Waals surface area contributed by atoms with Crippen molar-refractivity contribution in [2.24, 2.45) is 11.8 Å². The topological polar surface area (TPSA) is 55.8 Å². The first kappa shape index (κ1) is 20.4. The van der Waals surface area contributed by atoms with Gasteiger partial charge in [-0.2, -0.15) is 0 Å². The maximum absolute atomic E-state index is 10.5. The number of rotatable bonds is 14. The van der Waals surface area contributed by atoms with Crippen molar-refractivity contribution in [1.29, 1.82) is 0 Å². The molecule has 25 heavy (non-hydrogen) atoms. The number of carboxylic acid groups (broad SMARTS) is 1. The SMILES string of the molecule is CCCCCCOCC[C@@H]1[C@H](C/C=C\CCCC(=O)O)[C@@H]2CC[C@H]1O2. The number of ether oxygens (including phenoxy) is 2. The van der Waals surface area contributed by atoms with Gasteiger partial charge in [-0.25, -0.2) is 0 Å². The van der Waals surface area contributed by atoms with Crippen molar-refractivity contribution in [3.05, 3.63) is 12.2 Å². The highest BCUT2D eigenvalue weighted by molar-refractivity contribution is 5.66. The van der Waals surface area contributed by atoms with Gasteiger partial charge in [-0.1, -0.05) is 38.3 Å². The van der Waals surface area contributed by atoms with Crippen LogP contribution in [0, 0.1) is 11.8 Å². The van der Waals surface area contributed by atoms with Gasteiger partial charge in [-0.05, 0) is 56.8 Å². The molecule has 1 N–H and O–H groups in total. The first-order valence-corrected chi connectivity index (χ1v) is 10.3. The zero-order valence-corrected chi connectivity index (χ0v) is 15.8. The summed E-state index contributed by atoms with van der Waals surface area (Å²) in [6, 6.07) is 0. The molecule has 0 aromatic heterocycles. The minimum Gasteiger partial charge on any atom is -0.481 e. The van der Waals surface area contributed by atoms with E-state index in [0.717, 1.165) is 38.9 Å². The first-order valence-electron chi connectivity index (χ1n) is 10.3. The van der Waals surface area contributed by atoms with E-state index in [1.165, 1.54) is 38.5 Å². The summed E-state index contributed by atoms with van der Waals surface area (Å²) >= 11 is 0. The summed E-state index contributed by atoms with van der Waals surface area (Å²) in [5.74, 6) is 0.556. The highest BCUT2D eigenvalue weighted by Gasteiger charge is 2.47. The molecule has 0 aliphatic carbocycles. The van der Waals surface area contributed by atoms with Gasteiger partial charge in [0, 0.05) is 19.6 Å². The summed E-state index contributed by atoms with van der Waals surface area (Å²) in [6.45, 7) is 3.99. The molecule has 2 heterocycles. The molecule has 0 amide bonds. The van der Waals surface area contributed by atoms with Crippen LogP contribution in [-0.4, -0.2) is 36.5 Å². The molecule has 4 heteroatoms. The fourth-order valence-corrected chi connectivity index (χ4v) is 4.29. The Morgan fingerprint density at radius 1 is 1.08 bits per heavy atom. The summed E-state index contributed by atoms with van der Waals surface area (Å²) in [5, 5.41) is 8.66. The van der Waals surface area contributed by atoms with Gasteiger partial charge >= 0.3 is 5.97 Å². The number of aliphatic carboxylic acids is 1. The van der Waals surface area contributed by atoms with Gasteiger partial charge in [0.2, 0.25) is 0 Å². The van der Waals surface area contributed by atoms with Crippen LogP contribution < -0.4 is 0 Å². The molecule has 0 saturated carbocycles. The van der Waals surface area contributed by atoms with Gasteiger partial charge in [0.25, 0.3) is 0 Å². The molecule has 2 aliphatic heterocycles. The van der Waals surface area contributed by atoms with Gasteiger partial charge in [-0.3, -0.25) is 4.79 Å². The molecule has 144 valence electrons. The van der Waals surface area contributed by atoms with E-state index in [0.29, 0.717) is 24.0 Å². The monoisotopic (exact) mass is 352 g/mol. The Labute approximate surface area is 153 Å². The van der Waals surface area contributed by atoms with Crippen molar-refractivity contribution in [1.82, 2.24) is 0 Å². The van der Waals surface area contributed by atoms with Crippen LogP contribution in [0.5, 0.6) is 0 Å². The van der Waals surface area contributed by atoms with Crippen LogP contribution >= 0.6 is 0 Å². The van der Waals surface area contributed by atoms with Crippen molar-refractivity contribution in [3.8, 4) is 0 Å². The molecule has 0 radical (unpaired) electrons. The molecular weight excluding hydrogens is 316 g/mol. The summed E-state index contributed by atoms with van der Waals surface area (Å²) < 4.78 is 12.0. The largest absolute Gasteiger partial charge is 0.481 e. The maximum atomic E-state index is 10.5. The van der Waals surface area contributed by atoms with Crippen molar-refractivity contribution >= 4 is 5.97 Å². The third-order valence-corrected chi connectivity index (χ3v) is 5.66. The van der Waals surface area contributed by atoms with E-state index >= 15 is 0 Å². The Bertz CT molecular complexity index is 407. The highest BCUT2D eigenvalue weighted by atomic mass is 16.5. The number of unbranched alkanes of at least 4 members (excludes halogenated alkanes) is 4. The van der Waals surface area contributed by atoms with Gasteiger partial charge in [0.15, 0.2) is 0 Å². The predicted octanol–water partition coefficient (Wildman–Crippen LogP) is 4.97. The average molecular weight is 353 g/mol. The van der Waals surface area contributed by atoms with Crippen LogP contribution in [0.15, 0.2) is 12.2 Å². The summed E-state index contributed by atoms with van der Waals surface area (Å²) in [6.07, 6.45) is 16.8. The van der Waals surface area contributed by atoms with Crippen molar-refractivity contribution in [2.75, 3.05) is 13.2 Å². The lowest BCUT2D eigenvalue weighted by Gasteiger charge is -2.27. The molecule has 0 aromatic rings. The van der Waals surface area contributed by atoms with Crippen LogP contribution in [0.1, 0.15) is 77.6 Å². The molecule has 2 bridgehead atoms. The lowest BCUT2D eigenvalue weighted by atomic mass is 9.76. The van der Waals surface area contributed by atoms with E-state index in [1.807, 2.05) is 0 Å². The highest BCUT2D eigenvalue weighted by Crippen LogP contribution is 2.46. The van der Waals surface area contributed by atoms with E-state index < -0.39 is 5.97 Å². The molecule has 2 rings (SSSR count). The Balaban J connectivity index is 1.63. The maximum Gasteiger partial charge on any atom is 0.303 e. The molecule has 0 unspecified atom stereocenters. The molecular formula is C21H36O4. The number of fused-ring (bicyclic) bond motifs is 2. The van der Waals surface area contributed by atoms with Crippen LogP contribution in [0.2, 0.25) is 0 Å². The normalized spacial score (nSPS) is 28.2. The zero-order chi connectivity index (χ0) is 17.9. The Morgan fingerprint density at radius 3 is 2.64 bits per heavy atom. The van der Waals surface area contributed by atoms with E-state index in [1.54, 1.807) is 0 Å². The quantitative estimate of drug-likeness (QED) is 0.354. The number of carboxylic acids is 1. The van der Waals surface area contributed by atoms with Gasteiger partial charge < -0.3 is 14.6 Å². The smallest absolute Gasteiger partial charge is 0.303 e. The first-order chi connectivity index (χ1) is 12.2. The molecule has 2 saturated heterocycles. The average Bonchev–Trinajstić information content (AvgIpc) is 3.19. The summed E-state index contributed by atoms with van der Waals surface area (Å²) in [5.41, 5.74) is 0. The molecule has 0 spiro atoms. The van der Waals surface area contributed by atoms with E-state index in [-0.39, 0.29) is 6.42 Å². The standard InChI is InChI=1S/C21H36O4/c1-2-3-4-9-15-24-16-14-18-17(19-12-13-20(18)25-19)10-7-5-6-8-11-21(22)23/h5,7,17-20H,2-4,6,8-16H2,1H3,(H,22,23)/b7-5-/t17-,18+,19-,20+/m0/s1. The lowest BCUT2D eigenvalue weighted by molar-refractivity contribution is -0.137. The third-order valence-electron chi connectivity index (χ3n) is 5.66. The van der Waals surface area contributed by atoms with Crippen LogP contribution in [-0.2, 0) is 14.3 Å². The zero-order valence-electron chi connectivity index (χ0n) is 15.8. The Hall–Kier alpha value is -0.870. The minimum absolute atomic E-state index is 0.264. The summed E-state index contributed by atoms with van der Waals surface area (Å²) in [4.78, 5) is 10.5. The molecule has 0 aromatic carbocycles. The fraction of sp³-hybridized carbons (Fsp3) is 0.857. The predicted molar refractivity (Wildman–Crippen MR) is 99.7 cm³/mol. The summed E-state index contributed by atoms with van der Waals surface area (Å²) in [7, 11) is 0.